The number of carbonyl (C=O) groups is 1. The van der Waals surface area contributed by atoms with Crippen molar-refractivity contribution in [2.24, 2.45) is 0 Å². The minimum atomic E-state index is 0.0301. The van der Waals surface area contributed by atoms with Gasteiger partial charge in [-0.15, -0.1) is 0 Å². The van der Waals surface area contributed by atoms with Crippen LogP contribution in [0.2, 0.25) is 0 Å². The molecule has 1 aliphatic heterocycles. The zero-order valence-electron chi connectivity index (χ0n) is 19.6. The standard InChI is InChI=1S/C28H29N5O/c1-18-27-28(32-19(2)31-27)25(17-30-18)21-11-13-33(14-12-21)26(34)16-24(20-7-4-3-5-8-20)22-9-6-10-23(29)15-22/h3-10,15-17,21H,11-14,29H2,1-2H3,(H,31,32). The van der Waals surface area contributed by atoms with Gasteiger partial charge in [0.25, 0.3) is 0 Å². The predicted molar refractivity (Wildman–Crippen MR) is 136 cm³/mol. The number of H-pyrrole nitrogens is 1. The molecule has 1 fully saturated rings. The number of hydrogen-bond donors (Lipinski definition) is 2. The lowest BCUT2D eigenvalue weighted by atomic mass is 9.89. The van der Waals surface area contributed by atoms with Gasteiger partial charge in [0.05, 0.1) is 16.7 Å². The third kappa shape index (κ3) is 4.31. The van der Waals surface area contributed by atoms with Crippen molar-refractivity contribution in [2.75, 3.05) is 18.8 Å². The summed E-state index contributed by atoms with van der Waals surface area (Å²) in [6.07, 6.45) is 5.51. The second-order valence-corrected chi connectivity index (χ2v) is 8.99. The molecule has 2 aromatic carbocycles. The van der Waals surface area contributed by atoms with Crippen molar-refractivity contribution in [3.63, 3.8) is 0 Å². The van der Waals surface area contributed by atoms with E-state index in [1.54, 1.807) is 6.08 Å². The maximum atomic E-state index is 13.3. The first-order valence-electron chi connectivity index (χ1n) is 11.7. The Morgan fingerprint density at radius 2 is 1.79 bits per heavy atom. The number of benzene rings is 2. The summed E-state index contributed by atoms with van der Waals surface area (Å²) in [5.41, 5.74) is 13.7. The highest BCUT2D eigenvalue weighted by molar-refractivity contribution is 5.99. The van der Waals surface area contributed by atoms with E-state index < -0.39 is 0 Å². The van der Waals surface area contributed by atoms with Crippen molar-refractivity contribution >= 4 is 28.2 Å². The van der Waals surface area contributed by atoms with Crippen LogP contribution < -0.4 is 5.73 Å². The SMILES string of the molecule is Cc1nc2c(C3CCN(C(=O)C=C(c4ccccc4)c4cccc(N)c4)CC3)cnc(C)c2[nH]1. The summed E-state index contributed by atoms with van der Waals surface area (Å²) in [4.78, 5) is 27.9. The van der Waals surface area contributed by atoms with Gasteiger partial charge >= 0.3 is 0 Å². The van der Waals surface area contributed by atoms with Gasteiger partial charge in [-0.1, -0.05) is 42.5 Å². The zero-order chi connectivity index (χ0) is 23.7. The van der Waals surface area contributed by atoms with Crippen molar-refractivity contribution in [1.29, 1.82) is 0 Å². The van der Waals surface area contributed by atoms with Crippen LogP contribution in [0.3, 0.4) is 0 Å². The van der Waals surface area contributed by atoms with Crippen molar-refractivity contribution in [3.05, 3.63) is 95.1 Å². The largest absolute Gasteiger partial charge is 0.399 e. The molecule has 6 nitrogen and oxygen atoms in total. The molecule has 0 radical (unpaired) electrons. The number of aromatic amines is 1. The molecule has 0 unspecified atom stereocenters. The Morgan fingerprint density at radius 1 is 1.06 bits per heavy atom. The Bertz CT molecular complexity index is 1360. The molecule has 4 aromatic rings. The summed E-state index contributed by atoms with van der Waals surface area (Å²) < 4.78 is 0. The van der Waals surface area contributed by atoms with Crippen LogP contribution in [0.15, 0.2) is 66.9 Å². The molecule has 1 aliphatic rings. The highest BCUT2D eigenvalue weighted by atomic mass is 16.2. The highest BCUT2D eigenvalue weighted by Gasteiger charge is 2.26. The van der Waals surface area contributed by atoms with E-state index in [1.165, 1.54) is 5.56 Å². The number of nitrogens with zero attached hydrogens (tertiary/aromatic N) is 3. The number of imidazole rings is 1. The van der Waals surface area contributed by atoms with Gasteiger partial charge in [-0.3, -0.25) is 9.78 Å². The number of nitrogen functional groups attached to an aromatic ring is 1. The molecular weight excluding hydrogens is 422 g/mol. The van der Waals surface area contributed by atoms with E-state index in [4.69, 9.17) is 10.7 Å². The summed E-state index contributed by atoms with van der Waals surface area (Å²) in [5.74, 6) is 1.27. The number of likely N-dealkylation sites (tertiary alicyclic amines) is 1. The number of nitrogens with one attached hydrogen (secondary N) is 1. The van der Waals surface area contributed by atoms with Crippen LogP contribution >= 0.6 is 0 Å². The Kier molecular flexibility index (Phi) is 5.88. The van der Waals surface area contributed by atoms with Gasteiger partial charge in [0.2, 0.25) is 5.91 Å². The highest BCUT2D eigenvalue weighted by Crippen LogP contribution is 2.33. The number of aromatic nitrogens is 3. The molecule has 0 aliphatic carbocycles. The van der Waals surface area contributed by atoms with Crippen LogP contribution in [0.1, 0.15) is 47.0 Å². The summed E-state index contributed by atoms with van der Waals surface area (Å²) in [5, 5.41) is 0. The lowest BCUT2D eigenvalue weighted by molar-refractivity contribution is -0.127. The number of piperidine rings is 1. The van der Waals surface area contributed by atoms with Crippen LogP contribution in [-0.4, -0.2) is 38.8 Å². The fraction of sp³-hybridized carbons (Fsp3) is 0.250. The fourth-order valence-electron chi connectivity index (χ4n) is 4.84. The summed E-state index contributed by atoms with van der Waals surface area (Å²) in [7, 11) is 0. The predicted octanol–water partition coefficient (Wildman–Crippen LogP) is 4.99. The molecule has 0 saturated carbocycles. The van der Waals surface area contributed by atoms with Crippen molar-refractivity contribution < 1.29 is 4.79 Å². The minimum Gasteiger partial charge on any atom is -0.399 e. The maximum Gasteiger partial charge on any atom is 0.247 e. The molecule has 3 heterocycles. The number of rotatable bonds is 4. The minimum absolute atomic E-state index is 0.0301. The van der Waals surface area contributed by atoms with Gasteiger partial charge < -0.3 is 15.6 Å². The first-order chi connectivity index (χ1) is 16.5. The molecular formula is C28H29N5O. The topological polar surface area (TPSA) is 87.9 Å². The fourth-order valence-corrected chi connectivity index (χ4v) is 4.84. The second-order valence-electron chi connectivity index (χ2n) is 8.99. The molecule has 0 bridgehead atoms. The molecule has 1 amide bonds. The number of nitrogens with two attached hydrogens (primary N) is 1. The Hall–Kier alpha value is -3.93. The number of pyridine rings is 1. The molecule has 1 saturated heterocycles. The van der Waals surface area contributed by atoms with Gasteiger partial charge in [0, 0.05) is 36.6 Å². The van der Waals surface area contributed by atoms with Crippen molar-refractivity contribution in [1.82, 2.24) is 19.9 Å². The van der Waals surface area contributed by atoms with Crippen molar-refractivity contribution in [3.8, 4) is 0 Å². The number of hydrogen-bond acceptors (Lipinski definition) is 4. The zero-order valence-corrected chi connectivity index (χ0v) is 19.6. The third-order valence-electron chi connectivity index (χ3n) is 6.65. The van der Waals surface area contributed by atoms with Gasteiger partial charge in [0.15, 0.2) is 0 Å². The maximum absolute atomic E-state index is 13.3. The molecule has 0 spiro atoms. The Balaban J connectivity index is 1.37. The summed E-state index contributed by atoms with van der Waals surface area (Å²) in [6, 6.07) is 17.7. The number of amides is 1. The van der Waals surface area contributed by atoms with E-state index in [1.807, 2.05) is 79.5 Å². The van der Waals surface area contributed by atoms with Crippen LogP contribution in [0.4, 0.5) is 5.69 Å². The first-order valence-corrected chi connectivity index (χ1v) is 11.7. The quantitative estimate of drug-likeness (QED) is 0.338. The molecule has 3 N–H and O–H groups in total. The molecule has 6 heteroatoms. The number of anilines is 1. The summed E-state index contributed by atoms with van der Waals surface area (Å²) in [6.45, 7) is 5.39. The van der Waals surface area contributed by atoms with E-state index in [9.17, 15) is 4.79 Å². The van der Waals surface area contributed by atoms with Crippen molar-refractivity contribution in [2.45, 2.75) is 32.6 Å². The van der Waals surface area contributed by atoms with E-state index in [2.05, 4.69) is 9.97 Å². The molecule has 34 heavy (non-hydrogen) atoms. The lowest BCUT2D eigenvalue weighted by Crippen LogP contribution is -2.37. The van der Waals surface area contributed by atoms with Gasteiger partial charge in [-0.25, -0.2) is 4.98 Å². The van der Waals surface area contributed by atoms with Crippen LogP contribution in [-0.2, 0) is 4.79 Å². The number of carbonyl (C=O) groups excluding carboxylic acids is 1. The average Bonchev–Trinajstić information content (AvgIpc) is 3.25. The van der Waals surface area contributed by atoms with E-state index in [-0.39, 0.29) is 5.91 Å². The van der Waals surface area contributed by atoms with Crippen LogP contribution in [0, 0.1) is 13.8 Å². The smallest absolute Gasteiger partial charge is 0.247 e. The van der Waals surface area contributed by atoms with Crippen LogP contribution in [0.25, 0.3) is 16.6 Å². The normalized spacial score (nSPS) is 15.1. The first kappa shape index (κ1) is 21.9. The number of aryl methyl sites for hydroxylation is 2. The Morgan fingerprint density at radius 3 is 2.53 bits per heavy atom. The molecule has 5 rings (SSSR count). The average molecular weight is 452 g/mol. The van der Waals surface area contributed by atoms with E-state index >= 15 is 0 Å². The van der Waals surface area contributed by atoms with E-state index in [0.717, 1.165) is 52.1 Å². The Labute approximate surface area is 199 Å². The van der Waals surface area contributed by atoms with E-state index in [0.29, 0.717) is 24.7 Å². The molecule has 0 atom stereocenters. The number of fused-ring (bicyclic) bond motifs is 1. The van der Waals surface area contributed by atoms with Gasteiger partial charge in [-0.2, -0.15) is 0 Å². The lowest BCUT2D eigenvalue weighted by Gasteiger charge is -2.31. The van der Waals surface area contributed by atoms with Gasteiger partial charge in [0.1, 0.15) is 5.82 Å². The summed E-state index contributed by atoms with van der Waals surface area (Å²) >= 11 is 0. The van der Waals surface area contributed by atoms with Crippen LogP contribution in [0.5, 0.6) is 0 Å². The van der Waals surface area contributed by atoms with Gasteiger partial charge in [-0.05, 0) is 61.4 Å². The monoisotopic (exact) mass is 451 g/mol. The molecule has 2 aromatic heterocycles. The second kappa shape index (κ2) is 9.14. The third-order valence-corrected chi connectivity index (χ3v) is 6.65. The molecule has 172 valence electrons.